The summed E-state index contributed by atoms with van der Waals surface area (Å²) in [6, 6.07) is 6.98. The number of likely N-dealkylation sites (tertiary alicyclic amines) is 1. The van der Waals surface area contributed by atoms with Crippen LogP contribution in [0, 0.1) is 0 Å². The van der Waals surface area contributed by atoms with Gasteiger partial charge < -0.3 is 10.0 Å². The number of hydrogen-bond donors (Lipinski definition) is 1. The lowest BCUT2D eigenvalue weighted by molar-refractivity contribution is -0.131. The largest absolute Gasteiger partial charge is 0.475 e. The Hall–Kier alpha value is -1.68. The topological polar surface area (TPSA) is 57.6 Å². The highest BCUT2D eigenvalue weighted by Crippen LogP contribution is 2.26. The first-order chi connectivity index (χ1) is 8.08. The molecule has 1 unspecified atom stereocenters. The van der Waals surface area contributed by atoms with Gasteiger partial charge in [0, 0.05) is 12.1 Å². The van der Waals surface area contributed by atoms with Crippen LogP contribution >= 0.6 is 0 Å². The Morgan fingerprint density at radius 2 is 2.18 bits per heavy atom. The maximum absolute atomic E-state index is 11.4. The Bertz CT molecular complexity index is 456. The van der Waals surface area contributed by atoms with Crippen molar-refractivity contribution in [2.75, 3.05) is 20.1 Å². The van der Waals surface area contributed by atoms with E-state index >= 15 is 0 Å². The second kappa shape index (κ2) is 4.67. The molecule has 1 saturated heterocycles. The average molecular weight is 233 g/mol. The second-order valence-electron chi connectivity index (χ2n) is 4.51. The van der Waals surface area contributed by atoms with Crippen LogP contribution in [0.5, 0.6) is 0 Å². The third kappa shape index (κ3) is 2.53. The van der Waals surface area contributed by atoms with Gasteiger partial charge >= 0.3 is 5.97 Å². The molecule has 1 N–H and O–H groups in total. The fourth-order valence-corrected chi connectivity index (χ4v) is 2.26. The summed E-state index contributed by atoms with van der Waals surface area (Å²) in [5.41, 5.74) is 1.33. The van der Waals surface area contributed by atoms with Crippen molar-refractivity contribution in [3.8, 4) is 0 Å². The number of likely N-dealkylation sites (N-methyl/N-ethyl adjacent to an activating group) is 1. The fraction of sp³-hybridized carbons (Fsp3) is 0.385. The Balaban J connectivity index is 2.22. The zero-order valence-corrected chi connectivity index (χ0v) is 9.72. The Morgan fingerprint density at radius 1 is 1.41 bits per heavy atom. The highest BCUT2D eigenvalue weighted by molar-refractivity contribution is 6.39. The highest BCUT2D eigenvalue weighted by Gasteiger charge is 2.22. The van der Waals surface area contributed by atoms with Gasteiger partial charge in [-0.1, -0.05) is 18.2 Å². The van der Waals surface area contributed by atoms with Crippen LogP contribution in [-0.2, 0) is 4.79 Å². The molecule has 4 heteroatoms. The van der Waals surface area contributed by atoms with Gasteiger partial charge in [-0.05, 0) is 37.6 Å². The molecule has 1 aromatic rings. The molecule has 1 heterocycles. The number of benzene rings is 1. The number of carbonyl (C=O) groups is 2. The van der Waals surface area contributed by atoms with Crippen molar-refractivity contribution in [3.05, 3.63) is 35.4 Å². The third-order valence-corrected chi connectivity index (χ3v) is 3.21. The molecule has 1 aliphatic heterocycles. The lowest BCUT2D eigenvalue weighted by Gasteiger charge is -2.11. The molecule has 2 rings (SSSR count). The number of aliphatic carboxylic acids is 1. The van der Waals surface area contributed by atoms with Gasteiger partial charge in [-0.2, -0.15) is 0 Å². The van der Waals surface area contributed by atoms with Gasteiger partial charge in [-0.3, -0.25) is 4.79 Å². The van der Waals surface area contributed by atoms with Crippen LogP contribution in [0.1, 0.15) is 28.3 Å². The van der Waals surface area contributed by atoms with E-state index in [-0.39, 0.29) is 5.56 Å². The lowest BCUT2D eigenvalue weighted by Crippen LogP contribution is -2.15. The predicted molar refractivity (Wildman–Crippen MR) is 63.3 cm³/mol. The van der Waals surface area contributed by atoms with E-state index in [1.165, 1.54) is 0 Å². The maximum Gasteiger partial charge on any atom is 0.377 e. The van der Waals surface area contributed by atoms with Gasteiger partial charge in [0.2, 0.25) is 0 Å². The van der Waals surface area contributed by atoms with Crippen molar-refractivity contribution in [2.24, 2.45) is 0 Å². The van der Waals surface area contributed by atoms with Gasteiger partial charge in [-0.25, -0.2) is 4.79 Å². The van der Waals surface area contributed by atoms with Crippen molar-refractivity contribution in [1.29, 1.82) is 0 Å². The summed E-state index contributed by atoms with van der Waals surface area (Å²) >= 11 is 0. The molecule has 1 atom stereocenters. The number of rotatable bonds is 3. The number of hydrogen-bond acceptors (Lipinski definition) is 3. The van der Waals surface area contributed by atoms with E-state index in [0.717, 1.165) is 25.1 Å². The SMILES string of the molecule is CN1CCC(c2cccc(C(=O)C(=O)O)c2)C1. The van der Waals surface area contributed by atoms with Crippen molar-refractivity contribution in [1.82, 2.24) is 4.90 Å². The summed E-state index contributed by atoms with van der Waals surface area (Å²) in [5, 5.41) is 8.68. The van der Waals surface area contributed by atoms with Gasteiger partial charge in [-0.15, -0.1) is 0 Å². The van der Waals surface area contributed by atoms with Crippen LogP contribution < -0.4 is 0 Å². The molecule has 0 aliphatic carbocycles. The quantitative estimate of drug-likeness (QED) is 0.633. The lowest BCUT2D eigenvalue weighted by atomic mass is 9.95. The first-order valence-corrected chi connectivity index (χ1v) is 5.64. The van der Waals surface area contributed by atoms with Crippen molar-refractivity contribution in [3.63, 3.8) is 0 Å². The predicted octanol–water partition coefficient (Wildman–Crippen LogP) is 1.37. The average Bonchev–Trinajstić information content (AvgIpc) is 2.75. The van der Waals surface area contributed by atoms with Crippen LogP contribution in [0.3, 0.4) is 0 Å². The van der Waals surface area contributed by atoms with E-state index in [0.29, 0.717) is 5.92 Å². The molecule has 1 aromatic carbocycles. The highest BCUT2D eigenvalue weighted by atomic mass is 16.4. The summed E-state index contributed by atoms with van der Waals surface area (Å²) in [5.74, 6) is -1.83. The molecule has 17 heavy (non-hydrogen) atoms. The summed E-state index contributed by atoms with van der Waals surface area (Å²) < 4.78 is 0. The van der Waals surface area contributed by atoms with Crippen LogP contribution in [0.2, 0.25) is 0 Å². The zero-order chi connectivity index (χ0) is 12.4. The van der Waals surface area contributed by atoms with Crippen molar-refractivity contribution >= 4 is 11.8 Å². The number of Topliss-reactive ketones (excluding diaryl/α,β-unsaturated/α-hetero) is 1. The first-order valence-electron chi connectivity index (χ1n) is 5.64. The van der Waals surface area contributed by atoms with E-state index in [1.807, 2.05) is 6.07 Å². The van der Waals surface area contributed by atoms with Crippen LogP contribution in [0.25, 0.3) is 0 Å². The molecule has 4 nitrogen and oxygen atoms in total. The van der Waals surface area contributed by atoms with E-state index in [9.17, 15) is 9.59 Å². The molecule has 0 bridgehead atoms. The zero-order valence-electron chi connectivity index (χ0n) is 9.72. The molecule has 0 amide bonds. The molecule has 1 aliphatic rings. The molecule has 1 fully saturated rings. The Labute approximate surface area is 99.9 Å². The van der Waals surface area contributed by atoms with Crippen LogP contribution in [0.4, 0.5) is 0 Å². The van der Waals surface area contributed by atoms with Crippen LogP contribution in [0.15, 0.2) is 24.3 Å². The smallest absolute Gasteiger partial charge is 0.377 e. The molecule has 0 aromatic heterocycles. The minimum Gasteiger partial charge on any atom is -0.475 e. The minimum atomic E-state index is -1.40. The summed E-state index contributed by atoms with van der Waals surface area (Å²) in [6.07, 6.45) is 1.06. The van der Waals surface area contributed by atoms with Gasteiger partial charge in [0.15, 0.2) is 0 Å². The fourth-order valence-electron chi connectivity index (χ4n) is 2.26. The number of nitrogens with zero attached hydrogens (tertiary/aromatic N) is 1. The van der Waals surface area contributed by atoms with E-state index in [2.05, 4.69) is 11.9 Å². The van der Waals surface area contributed by atoms with Gasteiger partial charge in [0.1, 0.15) is 0 Å². The van der Waals surface area contributed by atoms with E-state index in [4.69, 9.17) is 5.11 Å². The summed E-state index contributed by atoms with van der Waals surface area (Å²) in [6.45, 7) is 2.01. The minimum absolute atomic E-state index is 0.268. The summed E-state index contributed by atoms with van der Waals surface area (Å²) in [7, 11) is 2.06. The normalized spacial score (nSPS) is 20.4. The molecular formula is C13H15NO3. The molecule has 90 valence electrons. The van der Waals surface area contributed by atoms with Crippen molar-refractivity contribution < 1.29 is 14.7 Å². The van der Waals surface area contributed by atoms with Crippen LogP contribution in [-0.4, -0.2) is 41.9 Å². The van der Waals surface area contributed by atoms with Gasteiger partial charge in [0.05, 0.1) is 0 Å². The van der Waals surface area contributed by atoms with Crippen molar-refractivity contribution in [2.45, 2.75) is 12.3 Å². The Kier molecular flexibility index (Phi) is 3.24. The monoisotopic (exact) mass is 233 g/mol. The number of carboxylic acid groups (broad SMARTS) is 1. The Morgan fingerprint density at radius 3 is 2.76 bits per heavy atom. The second-order valence-corrected chi connectivity index (χ2v) is 4.51. The van der Waals surface area contributed by atoms with E-state index in [1.54, 1.807) is 18.2 Å². The number of ketones is 1. The molecule has 0 saturated carbocycles. The number of carboxylic acids is 1. The van der Waals surface area contributed by atoms with Gasteiger partial charge in [0.25, 0.3) is 5.78 Å². The first kappa shape index (κ1) is 11.8. The summed E-state index contributed by atoms with van der Waals surface area (Å²) in [4.78, 5) is 24.2. The molecule has 0 spiro atoms. The standard InChI is InChI=1S/C13H15NO3/c1-14-6-5-11(8-14)9-3-2-4-10(7-9)12(15)13(16)17/h2-4,7,11H,5-6,8H2,1H3,(H,16,17). The molecular weight excluding hydrogens is 218 g/mol. The maximum atomic E-state index is 11.4. The van der Waals surface area contributed by atoms with E-state index < -0.39 is 11.8 Å². The third-order valence-electron chi connectivity index (χ3n) is 3.21. The molecule has 0 radical (unpaired) electrons. The number of carbonyl (C=O) groups excluding carboxylic acids is 1.